The Balaban J connectivity index is 0.000000595. The van der Waals surface area contributed by atoms with Crippen LogP contribution < -0.4 is 5.73 Å². The second kappa shape index (κ2) is 7.15. The van der Waals surface area contributed by atoms with Crippen molar-refractivity contribution in [2.75, 3.05) is 0 Å². The molecule has 0 aliphatic carbocycles. The Hall–Kier alpha value is -2.53. The van der Waals surface area contributed by atoms with Crippen molar-refractivity contribution >= 4 is 28.4 Å². The fraction of sp³-hybridized carbons (Fsp3) is 0.176. The summed E-state index contributed by atoms with van der Waals surface area (Å²) < 4.78 is 3.70. The molecule has 0 spiro atoms. The fourth-order valence-electron chi connectivity index (χ4n) is 2.36. The molecule has 23 heavy (non-hydrogen) atoms. The standard InChI is InChI=1S/C14H13ClN4O.C3H6/c1-18-7-6-17-11(18)8-19-10-5-3-2-4-9(10)12(15)13(19)14(16)20;1-3-2/h2-7H,8H2,1H3,(H2,16,20);3H,1H2,2H3. The number of hydrogen-bond acceptors (Lipinski definition) is 2. The maximum atomic E-state index is 11.7. The number of hydrogen-bond donors (Lipinski definition) is 1. The van der Waals surface area contributed by atoms with Gasteiger partial charge in [0, 0.05) is 24.8 Å². The molecule has 0 atom stereocenters. The van der Waals surface area contributed by atoms with Gasteiger partial charge in [-0.15, -0.1) is 6.58 Å². The van der Waals surface area contributed by atoms with Gasteiger partial charge in [0.25, 0.3) is 5.91 Å². The number of benzene rings is 1. The van der Waals surface area contributed by atoms with Crippen LogP contribution in [0.3, 0.4) is 0 Å². The summed E-state index contributed by atoms with van der Waals surface area (Å²) >= 11 is 6.29. The maximum absolute atomic E-state index is 11.7. The average molecular weight is 331 g/mol. The first-order valence-electron chi connectivity index (χ1n) is 7.11. The second-order valence-corrected chi connectivity index (χ2v) is 5.37. The number of nitrogens with two attached hydrogens (primary N) is 1. The number of primary amides is 1. The molecule has 120 valence electrons. The summed E-state index contributed by atoms with van der Waals surface area (Å²) in [5, 5.41) is 1.21. The number of allylic oxidation sites excluding steroid dienone is 1. The van der Waals surface area contributed by atoms with Gasteiger partial charge in [-0.25, -0.2) is 4.98 Å². The molecule has 2 heterocycles. The van der Waals surface area contributed by atoms with Crippen LogP contribution in [0.25, 0.3) is 10.9 Å². The molecule has 0 aliphatic heterocycles. The minimum absolute atomic E-state index is 0.316. The van der Waals surface area contributed by atoms with E-state index in [-0.39, 0.29) is 0 Å². The monoisotopic (exact) mass is 330 g/mol. The molecule has 0 fully saturated rings. The summed E-state index contributed by atoms with van der Waals surface area (Å²) in [6.45, 7) is 5.69. The molecule has 0 unspecified atom stereocenters. The summed E-state index contributed by atoms with van der Waals surface area (Å²) in [5.74, 6) is 0.283. The van der Waals surface area contributed by atoms with Crippen molar-refractivity contribution in [1.82, 2.24) is 14.1 Å². The SMILES string of the molecule is C=CC.Cn1ccnc1Cn1c(C(N)=O)c(Cl)c2ccccc21. The van der Waals surface area contributed by atoms with E-state index in [1.165, 1.54) is 0 Å². The molecular weight excluding hydrogens is 312 g/mol. The molecule has 5 nitrogen and oxygen atoms in total. The highest BCUT2D eigenvalue weighted by atomic mass is 35.5. The summed E-state index contributed by atoms with van der Waals surface area (Å²) in [6.07, 6.45) is 5.32. The molecule has 2 aromatic heterocycles. The predicted octanol–water partition coefficient (Wildman–Crippen LogP) is 3.37. The van der Waals surface area contributed by atoms with E-state index in [9.17, 15) is 4.79 Å². The van der Waals surface area contributed by atoms with Crippen LogP contribution in [0.4, 0.5) is 0 Å². The highest BCUT2D eigenvalue weighted by Gasteiger charge is 2.20. The minimum atomic E-state index is -0.541. The first-order valence-corrected chi connectivity index (χ1v) is 7.48. The molecule has 0 saturated carbocycles. The summed E-state index contributed by atoms with van der Waals surface area (Å²) in [7, 11) is 1.90. The molecule has 3 aromatic rings. The van der Waals surface area contributed by atoms with Gasteiger partial charge in [-0.2, -0.15) is 0 Å². The first kappa shape index (κ1) is 16.8. The van der Waals surface area contributed by atoms with Crippen LogP contribution in [0.2, 0.25) is 5.02 Å². The summed E-state index contributed by atoms with van der Waals surface area (Å²) in [5.41, 5.74) is 6.66. The lowest BCUT2D eigenvalue weighted by molar-refractivity contribution is 0.0992. The van der Waals surface area contributed by atoms with Crippen molar-refractivity contribution in [2.45, 2.75) is 13.5 Å². The van der Waals surface area contributed by atoms with E-state index in [0.717, 1.165) is 16.7 Å². The number of amides is 1. The number of halogens is 1. The molecule has 0 bridgehead atoms. The lowest BCUT2D eigenvalue weighted by Gasteiger charge is -2.08. The van der Waals surface area contributed by atoms with Crippen molar-refractivity contribution in [3.8, 4) is 0 Å². The van der Waals surface area contributed by atoms with Crippen LogP contribution in [-0.4, -0.2) is 20.0 Å². The van der Waals surface area contributed by atoms with Gasteiger partial charge in [-0.3, -0.25) is 4.79 Å². The largest absolute Gasteiger partial charge is 0.364 e. The van der Waals surface area contributed by atoms with Gasteiger partial charge in [0.05, 0.1) is 17.1 Å². The molecule has 3 rings (SSSR count). The Bertz CT molecular complexity index is 848. The Morgan fingerprint density at radius 3 is 2.65 bits per heavy atom. The molecule has 2 N–H and O–H groups in total. The number of carbonyl (C=O) groups excluding carboxylic acids is 1. The van der Waals surface area contributed by atoms with Gasteiger partial charge < -0.3 is 14.9 Å². The van der Waals surface area contributed by atoms with Gasteiger partial charge in [0.2, 0.25) is 0 Å². The van der Waals surface area contributed by atoms with Gasteiger partial charge in [-0.05, 0) is 13.0 Å². The Labute approximate surface area is 140 Å². The van der Waals surface area contributed by atoms with Crippen molar-refractivity contribution in [3.63, 3.8) is 0 Å². The van der Waals surface area contributed by atoms with Crippen LogP contribution in [0, 0.1) is 0 Å². The predicted molar refractivity (Wildman–Crippen MR) is 93.6 cm³/mol. The summed E-state index contributed by atoms with van der Waals surface area (Å²) in [6, 6.07) is 7.57. The Morgan fingerprint density at radius 1 is 1.43 bits per heavy atom. The van der Waals surface area contributed by atoms with Crippen LogP contribution in [0.1, 0.15) is 23.2 Å². The van der Waals surface area contributed by atoms with Gasteiger partial charge in [0.1, 0.15) is 11.5 Å². The third-order valence-corrected chi connectivity index (χ3v) is 3.75. The molecule has 0 radical (unpaired) electrons. The van der Waals surface area contributed by atoms with E-state index in [0.29, 0.717) is 17.3 Å². The Kier molecular flexibility index (Phi) is 5.24. The Morgan fingerprint density at radius 2 is 2.09 bits per heavy atom. The van der Waals surface area contributed by atoms with Crippen LogP contribution in [0.5, 0.6) is 0 Å². The molecular formula is C17H19ClN4O. The van der Waals surface area contributed by atoms with Gasteiger partial charge >= 0.3 is 0 Å². The lowest BCUT2D eigenvalue weighted by Crippen LogP contribution is -2.18. The molecule has 0 saturated heterocycles. The number of para-hydroxylation sites is 1. The quantitative estimate of drug-likeness (QED) is 0.748. The number of aryl methyl sites for hydroxylation is 1. The van der Waals surface area contributed by atoms with Crippen LogP contribution >= 0.6 is 11.6 Å². The van der Waals surface area contributed by atoms with Crippen LogP contribution in [0.15, 0.2) is 49.3 Å². The number of rotatable bonds is 3. The van der Waals surface area contributed by atoms with E-state index in [1.54, 1.807) is 12.3 Å². The zero-order valence-corrected chi connectivity index (χ0v) is 13.9. The number of carbonyl (C=O) groups is 1. The van der Waals surface area contributed by atoms with E-state index < -0.39 is 5.91 Å². The zero-order chi connectivity index (χ0) is 17.0. The van der Waals surface area contributed by atoms with E-state index in [1.807, 2.05) is 53.6 Å². The van der Waals surface area contributed by atoms with Gasteiger partial charge in [0.15, 0.2) is 0 Å². The lowest BCUT2D eigenvalue weighted by atomic mass is 10.2. The van der Waals surface area contributed by atoms with Gasteiger partial charge in [-0.1, -0.05) is 35.9 Å². The van der Waals surface area contributed by atoms with E-state index in [2.05, 4.69) is 11.6 Å². The summed E-state index contributed by atoms with van der Waals surface area (Å²) in [4.78, 5) is 16.0. The zero-order valence-electron chi connectivity index (χ0n) is 13.2. The van der Waals surface area contributed by atoms with Crippen molar-refractivity contribution < 1.29 is 4.79 Å². The van der Waals surface area contributed by atoms with Crippen LogP contribution in [-0.2, 0) is 13.6 Å². The fourth-order valence-corrected chi connectivity index (χ4v) is 2.71. The average Bonchev–Trinajstić information content (AvgIpc) is 3.03. The highest BCUT2D eigenvalue weighted by Crippen LogP contribution is 2.30. The highest BCUT2D eigenvalue weighted by molar-refractivity contribution is 6.38. The van der Waals surface area contributed by atoms with E-state index >= 15 is 0 Å². The van der Waals surface area contributed by atoms with Crippen molar-refractivity contribution in [1.29, 1.82) is 0 Å². The molecule has 1 aromatic carbocycles. The van der Waals surface area contributed by atoms with Crippen molar-refractivity contribution in [2.24, 2.45) is 12.8 Å². The number of aromatic nitrogens is 3. The number of nitrogens with zero attached hydrogens (tertiary/aromatic N) is 3. The number of fused-ring (bicyclic) bond motifs is 1. The molecule has 6 heteroatoms. The maximum Gasteiger partial charge on any atom is 0.266 e. The first-order chi connectivity index (χ1) is 11.0. The smallest absolute Gasteiger partial charge is 0.266 e. The molecule has 0 aliphatic rings. The second-order valence-electron chi connectivity index (χ2n) is 4.99. The third-order valence-electron chi connectivity index (χ3n) is 3.36. The number of imidazole rings is 1. The third kappa shape index (κ3) is 3.29. The topological polar surface area (TPSA) is 65.8 Å². The minimum Gasteiger partial charge on any atom is -0.364 e. The normalized spacial score (nSPS) is 10.2. The molecule has 1 amide bonds. The van der Waals surface area contributed by atoms with Crippen molar-refractivity contribution in [3.05, 3.63) is 65.9 Å². The van der Waals surface area contributed by atoms with E-state index in [4.69, 9.17) is 17.3 Å².